The maximum atomic E-state index is 11.6. The highest BCUT2D eigenvalue weighted by molar-refractivity contribution is 6.00. The standard InChI is InChI=1S/C9H16N4O2/c1-4-5(2)11-7-6(10-4)8(14)12-9(15)13(7)3/h4-7,10-11H,1-3H3,(H,12,14,15). The van der Waals surface area contributed by atoms with E-state index in [0.717, 1.165) is 0 Å². The Morgan fingerprint density at radius 2 is 1.73 bits per heavy atom. The maximum absolute atomic E-state index is 11.6. The van der Waals surface area contributed by atoms with E-state index in [9.17, 15) is 9.59 Å². The van der Waals surface area contributed by atoms with Crippen molar-refractivity contribution in [2.24, 2.45) is 0 Å². The molecule has 2 rings (SSSR count). The lowest BCUT2D eigenvalue weighted by molar-refractivity contribution is -0.127. The molecule has 0 aromatic rings. The van der Waals surface area contributed by atoms with Crippen LogP contribution in [-0.4, -0.2) is 48.2 Å². The molecule has 15 heavy (non-hydrogen) atoms. The first-order chi connectivity index (χ1) is 7.00. The number of carbonyl (C=O) groups is 2. The molecule has 6 nitrogen and oxygen atoms in total. The number of rotatable bonds is 0. The molecule has 3 amide bonds. The largest absolute Gasteiger partial charge is 0.325 e. The number of hydrogen-bond acceptors (Lipinski definition) is 4. The van der Waals surface area contributed by atoms with Crippen molar-refractivity contribution in [2.45, 2.75) is 38.1 Å². The Balaban J connectivity index is 2.21. The molecule has 4 atom stereocenters. The van der Waals surface area contributed by atoms with Crippen LogP contribution >= 0.6 is 0 Å². The number of piperazine rings is 1. The van der Waals surface area contributed by atoms with Gasteiger partial charge in [0.2, 0.25) is 5.91 Å². The molecule has 2 saturated heterocycles. The van der Waals surface area contributed by atoms with Gasteiger partial charge in [-0.25, -0.2) is 4.79 Å². The number of carbonyl (C=O) groups excluding carboxylic acids is 2. The molecule has 2 aliphatic heterocycles. The molecule has 84 valence electrons. The summed E-state index contributed by atoms with van der Waals surface area (Å²) in [5.41, 5.74) is 0. The van der Waals surface area contributed by atoms with Crippen LogP contribution < -0.4 is 16.0 Å². The van der Waals surface area contributed by atoms with E-state index in [1.54, 1.807) is 7.05 Å². The van der Waals surface area contributed by atoms with Crippen LogP contribution in [0.25, 0.3) is 0 Å². The van der Waals surface area contributed by atoms with Gasteiger partial charge in [-0.1, -0.05) is 0 Å². The van der Waals surface area contributed by atoms with Gasteiger partial charge in [0.1, 0.15) is 12.2 Å². The van der Waals surface area contributed by atoms with E-state index in [1.165, 1.54) is 4.90 Å². The van der Waals surface area contributed by atoms with Gasteiger partial charge in [0.05, 0.1) is 0 Å². The van der Waals surface area contributed by atoms with E-state index >= 15 is 0 Å². The van der Waals surface area contributed by atoms with E-state index in [4.69, 9.17) is 0 Å². The first-order valence-electron chi connectivity index (χ1n) is 5.10. The number of amides is 3. The number of hydrogen-bond donors (Lipinski definition) is 3. The van der Waals surface area contributed by atoms with Crippen molar-refractivity contribution in [3.63, 3.8) is 0 Å². The number of fused-ring (bicyclic) bond motifs is 1. The van der Waals surface area contributed by atoms with Crippen LogP contribution in [0.15, 0.2) is 0 Å². The molecule has 0 aromatic heterocycles. The van der Waals surface area contributed by atoms with E-state index in [2.05, 4.69) is 16.0 Å². The summed E-state index contributed by atoms with van der Waals surface area (Å²) in [5.74, 6) is -0.255. The smallest absolute Gasteiger partial charge is 0.310 e. The van der Waals surface area contributed by atoms with Crippen LogP contribution in [0.5, 0.6) is 0 Å². The number of likely N-dealkylation sites (N-methyl/N-ethyl adjacent to an activating group) is 1. The van der Waals surface area contributed by atoms with Gasteiger partial charge in [0, 0.05) is 19.1 Å². The van der Waals surface area contributed by atoms with Crippen molar-refractivity contribution in [1.82, 2.24) is 20.9 Å². The van der Waals surface area contributed by atoms with Crippen molar-refractivity contribution in [1.29, 1.82) is 0 Å². The van der Waals surface area contributed by atoms with Crippen LogP contribution in [0, 0.1) is 0 Å². The van der Waals surface area contributed by atoms with E-state index in [0.29, 0.717) is 0 Å². The SMILES string of the molecule is CC1NC2C(=O)NC(=O)N(C)C2NC1C. The summed E-state index contributed by atoms with van der Waals surface area (Å²) >= 11 is 0. The Bertz CT molecular complexity index is 306. The lowest BCUT2D eigenvalue weighted by atomic mass is 10.0. The fourth-order valence-corrected chi connectivity index (χ4v) is 1.98. The molecule has 0 spiro atoms. The summed E-state index contributed by atoms with van der Waals surface area (Å²) in [6.07, 6.45) is -0.252. The van der Waals surface area contributed by atoms with E-state index in [1.807, 2.05) is 13.8 Å². The zero-order chi connectivity index (χ0) is 11.2. The normalized spacial score (nSPS) is 41.1. The zero-order valence-corrected chi connectivity index (χ0v) is 9.07. The zero-order valence-electron chi connectivity index (χ0n) is 9.07. The Kier molecular flexibility index (Phi) is 2.40. The van der Waals surface area contributed by atoms with Crippen LogP contribution in [0.4, 0.5) is 4.79 Å². The molecular weight excluding hydrogens is 196 g/mol. The van der Waals surface area contributed by atoms with Crippen molar-refractivity contribution in [2.75, 3.05) is 7.05 Å². The summed E-state index contributed by atoms with van der Waals surface area (Å²) in [5, 5.41) is 8.77. The second-order valence-corrected chi connectivity index (χ2v) is 4.24. The summed E-state index contributed by atoms with van der Waals surface area (Å²) < 4.78 is 0. The molecule has 0 aliphatic carbocycles. The minimum Gasteiger partial charge on any atom is -0.310 e. The molecule has 2 fully saturated rings. The van der Waals surface area contributed by atoms with E-state index < -0.39 is 0 Å². The number of nitrogens with one attached hydrogen (secondary N) is 3. The van der Waals surface area contributed by atoms with E-state index in [-0.39, 0.29) is 36.2 Å². The number of nitrogens with zero attached hydrogens (tertiary/aromatic N) is 1. The minimum atomic E-state index is -0.362. The molecule has 0 bridgehead atoms. The maximum Gasteiger partial charge on any atom is 0.325 e. The van der Waals surface area contributed by atoms with Gasteiger partial charge in [0.25, 0.3) is 0 Å². The lowest BCUT2D eigenvalue weighted by Gasteiger charge is -2.46. The monoisotopic (exact) mass is 212 g/mol. The third-order valence-electron chi connectivity index (χ3n) is 3.19. The highest BCUT2D eigenvalue weighted by Crippen LogP contribution is 2.14. The van der Waals surface area contributed by atoms with Crippen molar-refractivity contribution < 1.29 is 9.59 Å². The summed E-state index contributed by atoms with van der Waals surface area (Å²) in [4.78, 5) is 24.5. The van der Waals surface area contributed by atoms with Gasteiger partial charge < -0.3 is 4.90 Å². The molecule has 3 N–H and O–H groups in total. The van der Waals surface area contributed by atoms with Gasteiger partial charge >= 0.3 is 6.03 Å². The van der Waals surface area contributed by atoms with Crippen molar-refractivity contribution in [3.05, 3.63) is 0 Å². The summed E-state index contributed by atoms with van der Waals surface area (Å²) in [7, 11) is 1.68. The third-order valence-corrected chi connectivity index (χ3v) is 3.19. The molecule has 0 aromatic carbocycles. The Hall–Kier alpha value is -1.14. The number of urea groups is 1. The third kappa shape index (κ3) is 1.59. The van der Waals surface area contributed by atoms with Gasteiger partial charge in [0.15, 0.2) is 0 Å². The van der Waals surface area contributed by atoms with Gasteiger partial charge in [-0.05, 0) is 13.8 Å². The molecule has 4 unspecified atom stereocenters. The Morgan fingerprint density at radius 3 is 2.40 bits per heavy atom. The van der Waals surface area contributed by atoms with Crippen LogP contribution in [0.2, 0.25) is 0 Å². The summed E-state index contributed by atoms with van der Waals surface area (Å²) in [6, 6.07) is -0.276. The average molecular weight is 212 g/mol. The summed E-state index contributed by atoms with van der Waals surface area (Å²) in [6.45, 7) is 4.04. The number of imide groups is 1. The Labute approximate surface area is 88.4 Å². The van der Waals surface area contributed by atoms with Gasteiger partial charge in [-0.2, -0.15) is 0 Å². The van der Waals surface area contributed by atoms with Gasteiger partial charge in [-0.15, -0.1) is 0 Å². The average Bonchev–Trinajstić information content (AvgIpc) is 2.18. The predicted octanol–water partition coefficient (Wildman–Crippen LogP) is -1.17. The predicted molar refractivity (Wildman–Crippen MR) is 54.1 cm³/mol. The first kappa shape index (κ1) is 10.4. The van der Waals surface area contributed by atoms with Crippen LogP contribution in [0.3, 0.4) is 0 Å². The fraction of sp³-hybridized carbons (Fsp3) is 0.778. The second-order valence-electron chi connectivity index (χ2n) is 4.24. The quantitative estimate of drug-likeness (QED) is 0.473. The first-order valence-corrected chi connectivity index (χ1v) is 5.10. The molecule has 0 saturated carbocycles. The molecule has 2 heterocycles. The van der Waals surface area contributed by atoms with Crippen molar-refractivity contribution >= 4 is 11.9 Å². The van der Waals surface area contributed by atoms with Crippen LogP contribution in [-0.2, 0) is 4.79 Å². The van der Waals surface area contributed by atoms with Crippen LogP contribution in [0.1, 0.15) is 13.8 Å². The lowest BCUT2D eigenvalue weighted by Crippen LogP contribution is -2.76. The fourth-order valence-electron chi connectivity index (χ4n) is 1.98. The second kappa shape index (κ2) is 3.46. The Morgan fingerprint density at radius 1 is 1.13 bits per heavy atom. The van der Waals surface area contributed by atoms with Gasteiger partial charge in [-0.3, -0.25) is 20.7 Å². The molecule has 0 radical (unpaired) electrons. The van der Waals surface area contributed by atoms with Crippen molar-refractivity contribution in [3.8, 4) is 0 Å². The topological polar surface area (TPSA) is 73.5 Å². The molecular formula is C9H16N4O2. The molecule has 2 aliphatic rings. The highest BCUT2D eigenvalue weighted by Gasteiger charge is 2.44. The molecule has 6 heteroatoms. The highest BCUT2D eigenvalue weighted by atomic mass is 16.2. The minimum absolute atomic E-state index is 0.207.